The topological polar surface area (TPSA) is 118 Å². The van der Waals surface area contributed by atoms with Crippen LogP contribution in [0.3, 0.4) is 0 Å². The van der Waals surface area contributed by atoms with Crippen LogP contribution in [0.25, 0.3) is 21.8 Å². The van der Waals surface area contributed by atoms with Crippen LogP contribution >= 0.6 is 23.1 Å². The predicted octanol–water partition coefficient (Wildman–Crippen LogP) is 4.73. The lowest BCUT2D eigenvalue weighted by molar-refractivity contribution is 0.102. The van der Waals surface area contributed by atoms with Crippen LogP contribution in [0.15, 0.2) is 58.5 Å². The van der Waals surface area contributed by atoms with Gasteiger partial charge in [-0.2, -0.15) is 5.26 Å². The van der Waals surface area contributed by atoms with Crippen molar-refractivity contribution in [2.24, 2.45) is 0 Å². The maximum Gasteiger partial charge on any atom is 0.270 e. The van der Waals surface area contributed by atoms with Crippen LogP contribution in [0.5, 0.6) is 11.5 Å². The van der Waals surface area contributed by atoms with E-state index in [1.807, 2.05) is 30.3 Å². The smallest absolute Gasteiger partial charge is 0.270 e. The molecular formula is C25H20N4O4S2. The molecular weight excluding hydrogens is 484 g/mol. The Morgan fingerprint density at radius 2 is 1.63 bits per heavy atom. The molecule has 0 spiro atoms. The van der Waals surface area contributed by atoms with Gasteiger partial charge in [0.2, 0.25) is 0 Å². The minimum absolute atomic E-state index is 0.0575. The van der Waals surface area contributed by atoms with E-state index in [0.717, 1.165) is 28.1 Å². The van der Waals surface area contributed by atoms with Gasteiger partial charge in [-0.05, 0) is 55.5 Å². The number of carbonyl (C=O) groups excluding carboxylic acids is 1. The Kier molecular flexibility index (Phi) is 7.29. The second kappa shape index (κ2) is 10.5. The Morgan fingerprint density at radius 3 is 2.20 bits per heavy atom. The normalized spacial score (nSPS) is 10.6. The highest BCUT2D eigenvalue weighted by atomic mass is 32.2. The molecule has 0 atom stereocenters. The number of thiazole rings is 1. The molecule has 4 aromatic rings. The molecule has 0 saturated heterocycles. The van der Waals surface area contributed by atoms with Crippen molar-refractivity contribution < 1.29 is 14.3 Å². The Morgan fingerprint density at radius 1 is 1.03 bits per heavy atom. The van der Waals surface area contributed by atoms with Crippen LogP contribution < -0.4 is 15.0 Å². The number of carbonyl (C=O) groups is 1. The first-order valence-electron chi connectivity index (χ1n) is 10.4. The van der Waals surface area contributed by atoms with E-state index in [2.05, 4.69) is 15.0 Å². The zero-order valence-corrected chi connectivity index (χ0v) is 20.8. The van der Waals surface area contributed by atoms with Crippen molar-refractivity contribution in [2.75, 3.05) is 20.0 Å². The molecule has 10 heteroatoms. The summed E-state index contributed by atoms with van der Waals surface area (Å²) in [5.41, 5.74) is 1.75. The van der Waals surface area contributed by atoms with E-state index < -0.39 is 5.56 Å². The molecule has 2 aromatic heterocycles. The molecule has 0 aliphatic heterocycles. The molecule has 8 nitrogen and oxygen atoms in total. The van der Waals surface area contributed by atoms with Crippen LogP contribution in [0, 0.1) is 18.3 Å². The molecule has 1 N–H and O–H groups in total. The molecule has 0 fully saturated rings. The lowest BCUT2D eigenvalue weighted by Crippen LogP contribution is -2.15. The van der Waals surface area contributed by atoms with Gasteiger partial charge in [0, 0.05) is 11.1 Å². The number of H-pyrrole nitrogens is 1. The van der Waals surface area contributed by atoms with Crippen LogP contribution in [-0.4, -0.2) is 40.7 Å². The van der Waals surface area contributed by atoms with E-state index in [0.29, 0.717) is 21.9 Å². The number of hydrogen-bond donors (Lipinski definition) is 1. The van der Waals surface area contributed by atoms with Crippen molar-refractivity contribution in [3.8, 4) is 39.4 Å². The quantitative estimate of drug-likeness (QED) is 0.208. The van der Waals surface area contributed by atoms with Gasteiger partial charge in [0.15, 0.2) is 10.9 Å². The van der Waals surface area contributed by atoms with E-state index in [-0.39, 0.29) is 27.9 Å². The number of rotatable bonds is 8. The standard InChI is InChI=1S/C25H20N4O4S2/c1-14-22(35-24(27-14)16-6-10-18(33-3)11-7-16)20(30)13-34-25-28-21(19(12-26)23(31)29-25)15-4-8-17(32-2)9-5-15/h4-11H,13H2,1-3H3,(H,28,29,31). The number of nitrogens with one attached hydrogen (secondary N) is 1. The van der Waals surface area contributed by atoms with Gasteiger partial charge in [-0.1, -0.05) is 11.8 Å². The zero-order valence-electron chi connectivity index (χ0n) is 19.1. The van der Waals surface area contributed by atoms with Gasteiger partial charge in [0.05, 0.1) is 36.2 Å². The average Bonchev–Trinajstić information content (AvgIpc) is 3.28. The molecule has 0 aliphatic rings. The SMILES string of the molecule is COc1ccc(-c2nc(C)c(C(=O)CSc3nc(-c4ccc(OC)cc4)c(C#N)c(=O)[nH]3)s2)cc1. The molecule has 0 aliphatic carbocycles. The summed E-state index contributed by atoms with van der Waals surface area (Å²) in [6, 6.07) is 16.3. The predicted molar refractivity (Wildman–Crippen MR) is 135 cm³/mol. The molecule has 176 valence electrons. The maximum atomic E-state index is 13.0. The van der Waals surface area contributed by atoms with E-state index in [9.17, 15) is 14.9 Å². The van der Waals surface area contributed by atoms with Crippen molar-refractivity contribution in [1.29, 1.82) is 5.26 Å². The lowest BCUT2D eigenvalue weighted by atomic mass is 10.1. The number of ether oxygens (including phenoxy) is 2. The molecule has 0 bridgehead atoms. The number of benzene rings is 2. The number of aromatic amines is 1. The number of thioether (sulfide) groups is 1. The van der Waals surface area contributed by atoms with E-state index >= 15 is 0 Å². The second-order valence-electron chi connectivity index (χ2n) is 7.31. The monoisotopic (exact) mass is 504 g/mol. The fourth-order valence-corrected chi connectivity index (χ4v) is 5.13. The number of aromatic nitrogens is 3. The fourth-order valence-electron chi connectivity index (χ4n) is 3.29. The number of Topliss-reactive ketones (excluding diaryl/α,β-unsaturated/α-hetero) is 1. The molecule has 2 aromatic carbocycles. The maximum absolute atomic E-state index is 13.0. The van der Waals surface area contributed by atoms with Gasteiger partial charge in [0.1, 0.15) is 28.1 Å². The third kappa shape index (κ3) is 5.26. The first-order valence-corrected chi connectivity index (χ1v) is 12.2. The number of hydrogen-bond acceptors (Lipinski definition) is 9. The van der Waals surface area contributed by atoms with Crippen molar-refractivity contribution >= 4 is 28.9 Å². The van der Waals surface area contributed by atoms with Gasteiger partial charge in [-0.25, -0.2) is 9.97 Å². The third-order valence-corrected chi connectivity index (χ3v) is 7.22. The van der Waals surface area contributed by atoms with Gasteiger partial charge in [0.25, 0.3) is 5.56 Å². The molecule has 0 amide bonds. The van der Waals surface area contributed by atoms with Crippen LogP contribution in [0.2, 0.25) is 0 Å². The van der Waals surface area contributed by atoms with E-state index in [4.69, 9.17) is 9.47 Å². The van der Waals surface area contributed by atoms with Crippen molar-refractivity contribution in [2.45, 2.75) is 12.1 Å². The Labute approximate surface area is 209 Å². The second-order valence-corrected chi connectivity index (χ2v) is 9.27. The van der Waals surface area contributed by atoms with Gasteiger partial charge in [-0.3, -0.25) is 9.59 Å². The van der Waals surface area contributed by atoms with Gasteiger partial charge >= 0.3 is 0 Å². The minimum Gasteiger partial charge on any atom is -0.497 e. The summed E-state index contributed by atoms with van der Waals surface area (Å²) in [6.45, 7) is 1.80. The molecule has 0 radical (unpaired) electrons. The molecule has 4 rings (SSSR count). The highest BCUT2D eigenvalue weighted by Crippen LogP contribution is 2.31. The molecule has 2 heterocycles. The third-order valence-electron chi connectivity index (χ3n) is 5.10. The fraction of sp³-hybridized carbons (Fsp3) is 0.160. The Bertz CT molecular complexity index is 1470. The van der Waals surface area contributed by atoms with E-state index in [1.165, 1.54) is 11.3 Å². The van der Waals surface area contributed by atoms with Crippen LogP contribution in [0.1, 0.15) is 20.9 Å². The summed E-state index contributed by atoms with van der Waals surface area (Å²) in [6.07, 6.45) is 0. The summed E-state index contributed by atoms with van der Waals surface area (Å²) in [7, 11) is 3.16. The Balaban J connectivity index is 1.55. The summed E-state index contributed by atoms with van der Waals surface area (Å²) in [5, 5.41) is 10.5. The van der Waals surface area contributed by atoms with Crippen molar-refractivity contribution in [3.05, 3.63) is 75.0 Å². The first kappa shape index (κ1) is 24.2. The Hall–Kier alpha value is -3.94. The highest BCUT2D eigenvalue weighted by molar-refractivity contribution is 7.99. The number of methoxy groups -OCH3 is 2. The van der Waals surface area contributed by atoms with Crippen molar-refractivity contribution in [3.63, 3.8) is 0 Å². The molecule has 0 saturated carbocycles. The van der Waals surface area contributed by atoms with Crippen molar-refractivity contribution in [1.82, 2.24) is 15.0 Å². The van der Waals surface area contributed by atoms with Gasteiger partial charge < -0.3 is 14.5 Å². The summed E-state index contributed by atoms with van der Waals surface area (Å²) in [5.74, 6) is 1.32. The summed E-state index contributed by atoms with van der Waals surface area (Å²) < 4.78 is 10.3. The average molecular weight is 505 g/mol. The first-order chi connectivity index (χ1) is 16.9. The molecule has 35 heavy (non-hydrogen) atoms. The van der Waals surface area contributed by atoms with Crippen LogP contribution in [-0.2, 0) is 0 Å². The van der Waals surface area contributed by atoms with Crippen LogP contribution in [0.4, 0.5) is 0 Å². The highest BCUT2D eigenvalue weighted by Gasteiger charge is 2.19. The minimum atomic E-state index is -0.556. The summed E-state index contributed by atoms with van der Waals surface area (Å²) in [4.78, 5) is 37.6. The van der Waals surface area contributed by atoms with E-state index in [1.54, 1.807) is 45.4 Å². The zero-order chi connectivity index (χ0) is 24.9. The number of nitrogens with zero attached hydrogens (tertiary/aromatic N) is 3. The lowest BCUT2D eigenvalue weighted by Gasteiger charge is -2.07. The molecule has 0 unspecified atom stereocenters. The summed E-state index contributed by atoms with van der Waals surface area (Å²) >= 11 is 2.42. The largest absolute Gasteiger partial charge is 0.497 e. The number of ketones is 1. The van der Waals surface area contributed by atoms with Gasteiger partial charge in [-0.15, -0.1) is 11.3 Å². The number of nitriles is 1. The number of aryl methyl sites for hydroxylation is 1.